The number of piperazine rings is 1. The Hall–Kier alpha value is -5.66. The third-order valence-electron chi connectivity index (χ3n) is 7.74. The minimum Gasteiger partial charge on any atom is -0.422 e. The maximum Gasteiger partial charge on any atom is 0.349 e. The normalized spacial score (nSPS) is 13.7. The molecule has 0 N–H and O–H groups in total. The summed E-state index contributed by atoms with van der Waals surface area (Å²) in [5.74, 6) is 1.03. The summed E-state index contributed by atoms with van der Waals surface area (Å²) in [6, 6.07) is 29.0. The number of benzene rings is 3. The van der Waals surface area contributed by atoms with Crippen LogP contribution in [0, 0.1) is 0 Å². The summed E-state index contributed by atoms with van der Waals surface area (Å²) in [5.41, 5.74) is 2.04. The van der Waals surface area contributed by atoms with E-state index in [-0.39, 0.29) is 22.7 Å². The molecule has 4 aromatic heterocycles. The van der Waals surface area contributed by atoms with Crippen molar-refractivity contribution in [2.45, 2.75) is 16.9 Å². The van der Waals surface area contributed by atoms with Crippen LogP contribution in [0.15, 0.2) is 121 Å². The Bertz CT molecular complexity index is 2250. The van der Waals surface area contributed by atoms with E-state index in [1.54, 1.807) is 24.4 Å². The van der Waals surface area contributed by atoms with E-state index in [4.69, 9.17) is 23.5 Å². The Morgan fingerprint density at radius 3 is 2.49 bits per heavy atom. The van der Waals surface area contributed by atoms with Crippen molar-refractivity contribution in [3.05, 3.63) is 113 Å². The molecule has 0 bridgehead atoms. The van der Waals surface area contributed by atoms with Crippen molar-refractivity contribution in [3.63, 3.8) is 0 Å². The first-order valence-corrected chi connectivity index (χ1v) is 15.8. The van der Waals surface area contributed by atoms with Crippen LogP contribution < -0.4 is 15.3 Å². The largest absolute Gasteiger partial charge is 0.422 e. The van der Waals surface area contributed by atoms with Crippen molar-refractivity contribution in [1.82, 2.24) is 35.0 Å². The second kappa shape index (κ2) is 12.6. The van der Waals surface area contributed by atoms with Crippen molar-refractivity contribution >= 4 is 39.6 Å². The smallest absolute Gasteiger partial charge is 0.349 e. The Morgan fingerprint density at radius 1 is 0.787 bits per heavy atom. The number of hydrogen-bond acceptors (Lipinski definition) is 13. The lowest BCUT2D eigenvalue weighted by Gasteiger charge is -2.34. The van der Waals surface area contributed by atoms with Gasteiger partial charge in [0.05, 0.1) is 0 Å². The number of pyridine rings is 1. The molecule has 1 aliphatic heterocycles. The highest BCUT2D eigenvalue weighted by molar-refractivity contribution is 7.98. The van der Waals surface area contributed by atoms with E-state index < -0.39 is 5.63 Å². The van der Waals surface area contributed by atoms with Gasteiger partial charge in [0.1, 0.15) is 16.7 Å². The van der Waals surface area contributed by atoms with Gasteiger partial charge in [0.25, 0.3) is 11.1 Å². The molecular weight excluding hydrogens is 616 g/mol. The van der Waals surface area contributed by atoms with Gasteiger partial charge in [-0.2, -0.15) is 15.0 Å². The van der Waals surface area contributed by atoms with Crippen LogP contribution in [-0.4, -0.2) is 61.2 Å². The fourth-order valence-corrected chi connectivity index (χ4v) is 6.02. The SMILES string of the molecule is O=c1oc2ccccc2cc1-c1nnc(Sc2nc(Oc3cccc4cccnc34)nc(N3CCN(Cc4ccccc4)CC3)n2)o1. The molecule has 1 fully saturated rings. The van der Waals surface area contributed by atoms with E-state index in [0.717, 1.165) is 55.3 Å². The summed E-state index contributed by atoms with van der Waals surface area (Å²) in [6.07, 6.45) is 1.72. The lowest BCUT2D eigenvalue weighted by Crippen LogP contribution is -2.46. The Balaban J connectivity index is 1.08. The van der Waals surface area contributed by atoms with E-state index in [0.29, 0.717) is 28.0 Å². The lowest BCUT2D eigenvalue weighted by molar-refractivity contribution is 0.248. The van der Waals surface area contributed by atoms with E-state index in [1.807, 2.05) is 48.5 Å². The molecule has 0 radical (unpaired) electrons. The van der Waals surface area contributed by atoms with Crippen LogP contribution in [0.3, 0.4) is 0 Å². The number of ether oxygens (including phenoxy) is 1. The first-order chi connectivity index (χ1) is 23.1. The van der Waals surface area contributed by atoms with Gasteiger partial charge in [-0.25, -0.2) is 4.79 Å². The van der Waals surface area contributed by atoms with Crippen LogP contribution in [0.5, 0.6) is 11.8 Å². The average molecular weight is 643 g/mol. The Kier molecular flexibility index (Phi) is 7.73. The highest BCUT2D eigenvalue weighted by Gasteiger charge is 2.23. The molecule has 1 aliphatic rings. The van der Waals surface area contributed by atoms with Gasteiger partial charge in [-0.15, -0.1) is 10.2 Å². The highest BCUT2D eigenvalue weighted by Crippen LogP contribution is 2.32. The molecule has 7 aromatic rings. The first-order valence-electron chi connectivity index (χ1n) is 15.0. The zero-order chi connectivity index (χ0) is 31.6. The minimum absolute atomic E-state index is 0.0362. The topological polar surface area (TPSA) is 136 Å². The molecule has 0 atom stereocenters. The van der Waals surface area contributed by atoms with Gasteiger partial charge < -0.3 is 18.5 Å². The third-order valence-corrected chi connectivity index (χ3v) is 8.45. The molecule has 0 spiro atoms. The molecule has 0 saturated carbocycles. The predicted octanol–water partition coefficient (Wildman–Crippen LogP) is 5.84. The quantitative estimate of drug-likeness (QED) is 0.184. The zero-order valence-corrected chi connectivity index (χ0v) is 25.7. The summed E-state index contributed by atoms with van der Waals surface area (Å²) in [5, 5.41) is 10.4. The van der Waals surface area contributed by atoms with Crippen molar-refractivity contribution in [2.24, 2.45) is 0 Å². The van der Waals surface area contributed by atoms with Crippen LogP contribution in [0.2, 0.25) is 0 Å². The Morgan fingerprint density at radius 2 is 1.60 bits per heavy atom. The van der Waals surface area contributed by atoms with Crippen LogP contribution in [0.4, 0.5) is 5.95 Å². The minimum atomic E-state index is -0.572. The molecule has 232 valence electrons. The molecule has 0 unspecified atom stereocenters. The van der Waals surface area contributed by atoms with Crippen molar-refractivity contribution < 1.29 is 13.6 Å². The number of anilines is 1. The van der Waals surface area contributed by atoms with E-state index in [9.17, 15) is 4.79 Å². The average Bonchev–Trinajstić information content (AvgIpc) is 3.57. The molecule has 13 heteroatoms. The van der Waals surface area contributed by atoms with Crippen LogP contribution in [0.1, 0.15) is 5.56 Å². The van der Waals surface area contributed by atoms with Crippen LogP contribution in [-0.2, 0) is 6.54 Å². The van der Waals surface area contributed by atoms with Gasteiger partial charge in [-0.05, 0) is 29.8 Å². The molecule has 0 aliphatic carbocycles. The zero-order valence-electron chi connectivity index (χ0n) is 24.9. The summed E-state index contributed by atoms with van der Waals surface area (Å²) < 4.78 is 17.6. The van der Waals surface area contributed by atoms with Gasteiger partial charge >= 0.3 is 11.6 Å². The molecule has 47 heavy (non-hydrogen) atoms. The van der Waals surface area contributed by atoms with Gasteiger partial charge in [0.15, 0.2) is 5.75 Å². The second-order valence-corrected chi connectivity index (χ2v) is 11.8. The Labute approximate surface area is 272 Å². The number of para-hydroxylation sites is 2. The summed E-state index contributed by atoms with van der Waals surface area (Å²) in [4.78, 5) is 35.7. The highest BCUT2D eigenvalue weighted by atomic mass is 32.2. The number of rotatable bonds is 8. The third kappa shape index (κ3) is 6.26. The van der Waals surface area contributed by atoms with Crippen LogP contribution in [0.25, 0.3) is 33.3 Å². The number of hydrogen-bond donors (Lipinski definition) is 0. The number of nitrogens with zero attached hydrogens (tertiary/aromatic N) is 8. The monoisotopic (exact) mass is 642 g/mol. The van der Waals surface area contributed by atoms with E-state index in [2.05, 4.69) is 54.2 Å². The molecule has 5 heterocycles. The summed E-state index contributed by atoms with van der Waals surface area (Å²) >= 11 is 1.05. The van der Waals surface area contributed by atoms with Crippen LogP contribution >= 0.6 is 11.8 Å². The van der Waals surface area contributed by atoms with Gasteiger partial charge in [-0.3, -0.25) is 9.88 Å². The maximum absolute atomic E-state index is 12.7. The van der Waals surface area contributed by atoms with Gasteiger partial charge in [-0.1, -0.05) is 66.7 Å². The number of aromatic nitrogens is 6. The van der Waals surface area contributed by atoms with Crippen molar-refractivity contribution in [3.8, 4) is 23.2 Å². The molecule has 8 rings (SSSR count). The van der Waals surface area contributed by atoms with Crippen molar-refractivity contribution in [2.75, 3.05) is 31.1 Å². The molecular formula is C34H26N8O4S. The van der Waals surface area contributed by atoms with Gasteiger partial charge in [0.2, 0.25) is 11.1 Å². The first kappa shape index (κ1) is 28.8. The standard InChI is InChI=1S/C34H26N8O4S/c43-30-25(20-24-10-4-5-13-26(24)44-30)29-39-40-34(46-29)47-33-37-31(42-18-16-41(17-19-42)21-22-8-2-1-3-9-22)36-32(38-33)45-27-14-6-11-23-12-7-15-35-28(23)27/h1-15,20H,16-19,21H2. The summed E-state index contributed by atoms with van der Waals surface area (Å²) in [6.45, 7) is 4.00. The number of fused-ring (bicyclic) bond motifs is 2. The maximum atomic E-state index is 12.7. The van der Waals surface area contributed by atoms with Crippen molar-refractivity contribution in [1.29, 1.82) is 0 Å². The second-order valence-electron chi connectivity index (χ2n) is 10.8. The summed E-state index contributed by atoms with van der Waals surface area (Å²) in [7, 11) is 0. The van der Waals surface area contributed by atoms with E-state index >= 15 is 0 Å². The van der Waals surface area contributed by atoms with E-state index in [1.165, 1.54) is 5.56 Å². The fourth-order valence-electron chi connectivity index (χ4n) is 5.41. The molecule has 0 amide bonds. The molecule has 1 saturated heterocycles. The van der Waals surface area contributed by atoms with Gasteiger partial charge in [0, 0.05) is 61.5 Å². The molecule has 12 nitrogen and oxygen atoms in total. The predicted molar refractivity (Wildman–Crippen MR) is 175 cm³/mol. The lowest BCUT2D eigenvalue weighted by atomic mass is 10.2. The molecule has 3 aromatic carbocycles. The fraction of sp³-hybridized carbons (Fsp3) is 0.147.